The van der Waals surface area contributed by atoms with Gasteiger partial charge in [0.1, 0.15) is 0 Å². The number of rotatable bonds is 6. The minimum atomic E-state index is -3.56. The van der Waals surface area contributed by atoms with Crippen LogP contribution in [0.2, 0.25) is 10.0 Å². The van der Waals surface area contributed by atoms with E-state index in [4.69, 9.17) is 23.2 Å². The zero-order valence-corrected chi connectivity index (χ0v) is 17.5. The first-order valence-corrected chi connectivity index (χ1v) is 11.3. The molecule has 1 aromatic carbocycles. The van der Waals surface area contributed by atoms with Gasteiger partial charge in [-0.3, -0.25) is 9.78 Å². The minimum absolute atomic E-state index is 0.153. The number of carbonyl (C=O) groups is 1. The Kier molecular flexibility index (Phi) is 6.93. The molecule has 1 N–H and O–H groups in total. The van der Waals surface area contributed by atoms with Gasteiger partial charge in [-0.1, -0.05) is 35.3 Å². The maximum atomic E-state index is 12.8. The van der Waals surface area contributed by atoms with Crippen molar-refractivity contribution in [3.05, 3.63) is 63.9 Å². The van der Waals surface area contributed by atoms with Gasteiger partial charge in [-0.05, 0) is 42.7 Å². The van der Waals surface area contributed by atoms with Gasteiger partial charge in [-0.25, -0.2) is 12.7 Å². The quantitative estimate of drug-likeness (QED) is 0.745. The molecule has 2 heterocycles. The van der Waals surface area contributed by atoms with Gasteiger partial charge in [0, 0.05) is 19.3 Å². The van der Waals surface area contributed by atoms with Crippen molar-refractivity contribution in [2.45, 2.75) is 25.1 Å². The predicted octanol–water partition coefficient (Wildman–Crippen LogP) is 3.25. The highest BCUT2D eigenvalue weighted by molar-refractivity contribution is 7.88. The van der Waals surface area contributed by atoms with Crippen LogP contribution in [0.15, 0.2) is 42.6 Å². The maximum Gasteiger partial charge on any atom is 0.224 e. The number of nitrogens with one attached hydrogen (secondary N) is 1. The molecule has 1 atom stereocenters. The number of hydrogen-bond donors (Lipinski definition) is 1. The third kappa shape index (κ3) is 5.44. The van der Waals surface area contributed by atoms with Crippen LogP contribution in [0, 0.1) is 5.92 Å². The van der Waals surface area contributed by atoms with Gasteiger partial charge >= 0.3 is 0 Å². The summed E-state index contributed by atoms with van der Waals surface area (Å²) in [4.78, 5) is 16.7. The normalized spacial score (nSPS) is 18.0. The third-order valence-electron chi connectivity index (χ3n) is 4.65. The fourth-order valence-corrected chi connectivity index (χ4v) is 5.08. The van der Waals surface area contributed by atoms with E-state index in [1.54, 1.807) is 24.4 Å². The van der Waals surface area contributed by atoms with Crippen molar-refractivity contribution in [3.63, 3.8) is 0 Å². The molecule has 0 radical (unpaired) electrons. The van der Waals surface area contributed by atoms with Crippen molar-refractivity contribution in [1.82, 2.24) is 14.6 Å². The number of nitrogens with zero attached hydrogens (tertiary/aromatic N) is 2. The van der Waals surface area contributed by atoms with E-state index >= 15 is 0 Å². The van der Waals surface area contributed by atoms with Crippen molar-refractivity contribution in [2.75, 3.05) is 13.1 Å². The smallest absolute Gasteiger partial charge is 0.224 e. The Labute approximate surface area is 174 Å². The molecule has 0 bridgehead atoms. The molecule has 1 unspecified atom stereocenters. The zero-order valence-electron chi connectivity index (χ0n) is 15.1. The molecule has 0 aliphatic carbocycles. The van der Waals surface area contributed by atoms with Crippen LogP contribution in [0.3, 0.4) is 0 Å². The summed E-state index contributed by atoms with van der Waals surface area (Å²) in [6.07, 6.45) is 2.97. The molecule has 1 aromatic heterocycles. The number of amides is 1. The van der Waals surface area contributed by atoms with E-state index < -0.39 is 10.0 Å². The van der Waals surface area contributed by atoms with Crippen LogP contribution in [-0.4, -0.2) is 36.7 Å². The fraction of sp³-hybridized carbons (Fsp3) is 0.368. The Bertz CT molecular complexity index is 939. The van der Waals surface area contributed by atoms with Crippen molar-refractivity contribution in [2.24, 2.45) is 5.92 Å². The van der Waals surface area contributed by atoms with Crippen LogP contribution < -0.4 is 5.32 Å². The second kappa shape index (κ2) is 9.22. The van der Waals surface area contributed by atoms with E-state index in [1.165, 1.54) is 4.31 Å². The number of hydrogen-bond acceptors (Lipinski definition) is 4. The van der Waals surface area contributed by atoms with Crippen molar-refractivity contribution >= 4 is 39.1 Å². The van der Waals surface area contributed by atoms with Crippen LogP contribution in [-0.2, 0) is 27.1 Å². The molecule has 1 aliphatic rings. The lowest BCUT2D eigenvalue weighted by Gasteiger charge is -2.31. The number of sulfonamides is 1. The van der Waals surface area contributed by atoms with Crippen LogP contribution in [0.25, 0.3) is 0 Å². The highest BCUT2D eigenvalue weighted by atomic mass is 35.5. The number of piperidine rings is 1. The standard InChI is InChI=1S/C19H21Cl2N3O3S/c20-17-7-6-14(10-18(17)21)13-28(26,27)24-9-3-4-15(12-24)19(25)23-11-16-5-1-2-8-22-16/h1-2,5-8,10,15H,3-4,9,11-13H2,(H,23,25). The monoisotopic (exact) mass is 441 g/mol. The first-order chi connectivity index (χ1) is 13.3. The Morgan fingerprint density at radius 2 is 2.04 bits per heavy atom. The van der Waals surface area contributed by atoms with E-state index in [9.17, 15) is 13.2 Å². The fourth-order valence-electron chi connectivity index (χ4n) is 3.17. The molecule has 28 heavy (non-hydrogen) atoms. The second-order valence-corrected chi connectivity index (χ2v) is 9.52. The molecule has 3 rings (SSSR count). The topological polar surface area (TPSA) is 79.4 Å². The van der Waals surface area contributed by atoms with E-state index in [1.807, 2.05) is 18.2 Å². The van der Waals surface area contributed by atoms with Crippen LogP contribution >= 0.6 is 23.2 Å². The SMILES string of the molecule is O=C(NCc1ccccn1)C1CCCN(S(=O)(=O)Cc2ccc(Cl)c(Cl)c2)C1. The van der Waals surface area contributed by atoms with E-state index in [2.05, 4.69) is 10.3 Å². The number of pyridine rings is 1. The summed E-state index contributed by atoms with van der Waals surface area (Å²) in [7, 11) is -3.56. The molecule has 2 aromatic rings. The molecule has 1 fully saturated rings. The third-order valence-corrected chi connectivity index (χ3v) is 7.21. The molecule has 150 valence electrons. The summed E-state index contributed by atoms with van der Waals surface area (Å²) in [6.45, 7) is 0.914. The Morgan fingerprint density at radius 1 is 1.21 bits per heavy atom. The number of benzene rings is 1. The summed E-state index contributed by atoms with van der Waals surface area (Å²) < 4.78 is 27.0. The summed E-state index contributed by atoms with van der Waals surface area (Å²) in [5, 5.41) is 3.55. The average Bonchev–Trinajstić information content (AvgIpc) is 2.69. The largest absolute Gasteiger partial charge is 0.350 e. The lowest BCUT2D eigenvalue weighted by Crippen LogP contribution is -2.45. The van der Waals surface area contributed by atoms with Gasteiger partial charge in [0.05, 0.1) is 34.0 Å². The first-order valence-electron chi connectivity index (χ1n) is 8.94. The molecule has 1 amide bonds. The first kappa shape index (κ1) is 21.0. The highest BCUT2D eigenvalue weighted by Crippen LogP contribution is 2.26. The molecular formula is C19H21Cl2N3O3S. The zero-order chi connectivity index (χ0) is 20.1. The van der Waals surface area contributed by atoms with Crippen molar-refractivity contribution < 1.29 is 13.2 Å². The lowest BCUT2D eigenvalue weighted by atomic mass is 9.99. The molecular weight excluding hydrogens is 421 g/mol. The van der Waals surface area contributed by atoms with E-state index in [-0.39, 0.29) is 24.1 Å². The van der Waals surface area contributed by atoms with Crippen LogP contribution in [0.5, 0.6) is 0 Å². The molecule has 0 saturated carbocycles. The average molecular weight is 442 g/mol. The highest BCUT2D eigenvalue weighted by Gasteiger charge is 2.32. The van der Waals surface area contributed by atoms with Crippen molar-refractivity contribution in [1.29, 1.82) is 0 Å². The predicted molar refractivity (Wildman–Crippen MR) is 109 cm³/mol. The Morgan fingerprint density at radius 3 is 2.75 bits per heavy atom. The molecule has 1 saturated heterocycles. The Hall–Kier alpha value is -1.67. The summed E-state index contributed by atoms with van der Waals surface area (Å²) in [6, 6.07) is 10.3. The summed E-state index contributed by atoms with van der Waals surface area (Å²) >= 11 is 11.9. The van der Waals surface area contributed by atoms with Gasteiger partial charge in [0.25, 0.3) is 0 Å². The van der Waals surface area contributed by atoms with E-state index in [0.717, 1.165) is 5.69 Å². The second-order valence-electron chi connectivity index (χ2n) is 6.74. The van der Waals surface area contributed by atoms with Gasteiger partial charge in [-0.2, -0.15) is 0 Å². The van der Waals surface area contributed by atoms with Gasteiger partial charge in [-0.15, -0.1) is 0 Å². The Balaban J connectivity index is 1.61. The number of halogens is 2. The molecule has 6 nitrogen and oxygen atoms in total. The van der Waals surface area contributed by atoms with Gasteiger partial charge in [0.2, 0.25) is 15.9 Å². The number of carbonyl (C=O) groups excluding carboxylic acids is 1. The van der Waals surface area contributed by atoms with Crippen LogP contribution in [0.1, 0.15) is 24.1 Å². The number of aromatic nitrogens is 1. The minimum Gasteiger partial charge on any atom is -0.350 e. The molecule has 9 heteroatoms. The van der Waals surface area contributed by atoms with Crippen LogP contribution in [0.4, 0.5) is 0 Å². The molecule has 1 aliphatic heterocycles. The maximum absolute atomic E-state index is 12.8. The van der Waals surface area contributed by atoms with Gasteiger partial charge < -0.3 is 5.32 Å². The lowest BCUT2D eigenvalue weighted by molar-refractivity contribution is -0.126. The van der Waals surface area contributed by atoms with Gasteiger partial charge in [0.15, 0.2) is 0 Å². The van der Waals surface area contributed by atoms with Crippen molar-refractivity contribution in [3.8, 4) is 0 Å². The molecule has 0 spiro atoms. The van der Waals surface area contributed by atoms with E-state index in [0.29, 0.717) is 41.5 Å². The summed E-state index contributed by atoms with van der Waals surface area (Å²) in [5.41, 5.74) is 1.33. The summed E-state index contributed by atoms with van der Waals surface area (Å²) in [5.74, 6) is -0.701.